The maximum Gasteiger partial charge on any atom is 0.242 e. The van der Waals surface area contributed by atoms with Crippen molar-refractivity contribution in [2.24, 2.45) is 0 Å². The van der Waals surface area contributed by atoms with Gasteiger partial charge in [0.05, 0.1) is 12.2 Å². The second-order valence-corrected chi connectivity index (χ2v) is 5.35. The van der Waals surface area contributed by atoms with Gasteiger partial charge in [-0.3, -0.25) is 14.6 Å². The summed E-state index contributed by atoms with van der Waals surface area (Å²) in [5, 5.41) is 2.82. The van der Waals surface area contributed by atoms with Crippen molar-refractivity contribution in [3.8, 4) is 0 Å². The molecule has 0 fully saturated rings. The Morgan fingerprint density at radius 3 is 2.43 bits per heavy atom. The largest absolute Gasteiger partial charge is 0.349 e. The molecule has 1 aromatic carbocycles. The fourth-order valence-corrected chi connectivity index (χ4v) is 2.27. The number of aromatic nitrogens is 1. The van der Waals surface area contributed by atoms with E-state index in [1.165, 1.54) is 6.92 Å². The number of hydrogen-bond acceptors (Lipinski definition) is 3. The summed E-state index contributed by atoms with van der Waals surface area (Å²) >= 11 is 0. The lowest BCUT2D eigenvalue weighted by molar-refractivity contribution is -0.139. The van der Waals surface area contributed by atoms with Crippen LogP contribution in [0.2, 0.25) is 0 Å². The first kappa shape index (κ1) is 16.7. The molecule has 23 heavy (non-hydrogen) atoms. The molecule has 0 aliphatic heterocycles. The quantitative estimate of drug-likeness (QED) is 0.889. The normalized spacial score (nSPS) is 11.6. The third-order valence-corrected chi connectivity index (χ3v) is 3.62. The smallest absolute Gasteiger partial charge is 0.242 e. The number of nitrogens with zero attached hydrogens (tertiary/aromatic N) is 2. The highest BCUT2D eigenvalue weighted by Gasteiger charge is 2.23. The van der Waals surface area contributed by atoms with Crippen molar-refractivity contribution in [2.75, 3.05) is 0 Å². The second-order valence-electron chi connectivity index (χ2n) is 5.35. The summed E-state index contributed by atoms with van der Waals surface area (Å²) in [5.74, 6) is -0.323. The first-order valence-corrected chi connectivity index (χ1v) is 7.56. The first-order chi connectivity index (χ1) is 11.1. The Kier molecular flexibility index (Phi) is 5.86. The number of hydrogen-bond donors (Lipinski definition) is 1. The maximum absolute atomic E-state index is 12.3. The van der Waals surface area contributed by atoms with Crippen molar-refractivity contribution in [1.29, 1.82) is 0 Å². The maximum atomic E-state index is 12.3. The van der Waals surface area contributed by atoms with Crippen molar-refractivity contribution < 1.29 is 9.59 Å². The van der Waals surface area contributed by atoms with Gasteiger partial charge in [-0.25, -0.2) is 0 Å². The predicted octanol–water partition coefficient (Wildman–Crippen LogP) is 2.13. The summed E-state index contributed by atoms with van der Waals surface area (Å²) in [4.78, 5) is 29.9. The minimum Gasteiger partial charge on any atom is -0.349 e. The Morgan fingerprint density at radius 1 is 1.13 bits per heavy atom. The molecule has 0 spiro atoms. The van der Waals surface area contributed by atoms with Crippen LogP contribution in [0.4, 0.5) is 0 Å². The van der Waals surface area contributed by atoms with E-state index in [0.29, 0.717) is 13.1 Å². The highest BCUT2D eigenvalue weighted by molar-refractivity contribution is 5.86. The third kappa shape index (κ3) is 4.92. The van der Waals surface area contributed by atoms with E-state index in [1.807, 2.05) is 48.5 Å². The lowest BCUT2D eigenvalue weighted by Gasteiger charge is -2.27. The molecule has 0 aliphatic carbocycles. The SMILES string of the molecule is CC(=O)N(Cc1ccccc1)C(C)C(=O)NCc1ccccn1. The van der Waals surface area contributed by atoms with Crippen LogP contribution in [0.25, 0.3) is 0 Å². The third-order valence-electron chi connectivity index (χ3n) is 3.62. The zero-order valence-corrected chi connectivity index (χ0v) is 13.4. The summed E-state index contributed by atoms with van der Waals surface area (Å²) in [6.45, 7) is 3.97. The van der Waals surface area contributed by atoms with Crippen molar-refractivity contribution in [3.63, 3.8) is 0 Å². The minimum absolute atomic E-state index is 0.130. The zero-order valence-electron chi connectivity index (χ0n) is 13.4. The molecule has 1 aromatic heterocycles. The minimum atomic E-state index is -0.545. The molecule has 2 amide bonds. The molecule has 1 unspecified atom stereocenters. The van der Waals surface area contributed by atoms with Crippen LogP contribution < -0.4 is 5.32 Å². The number of amides is 2. The van der Waals surface area contributed by atoms with E-state index in [-0.39, 0.29) is 11.8 Å². The van der Waals surface area contributed by atoms with E-state index in [2.05, 4.69) is 10.3 Å². The molecule has 0 aliphatic rings. The van der Waals surface area contributed by atoms with E-state index in [4.69, 9.17) is 0 Å². The molecule has 2 aromatic rings. The predicted molar refractivity (Wildman–Crippen MR) is 88.2 cm³/mol. The number of rotatable bonds is 6. The van der Waals surface area contributed by atoms with Crippen LogP contribution in [0, 0.1) is 0 Å². The van der Waals surface area contributed by atoms with Crippen molar-refractivity contribution >= 4 is 11.8 Å². The van der Waals surface area contributed by atoms with Crippen molar-refractivity contribution in [1.82, 2.24) is 15.2 Å². The number of carbonyl (C=O) groups is 2. The van der Waals surface area contributed by atoms with Gasteiger partial charge >= 0.3 is 0 Å². The summed E-state index contributed by atoms with van der Waals surface area (Å²) < 4.78 is 0. The molecule has 1 atom stereocenters. The van der Waals surface area contributed by atoms with Gasteiger partial charge in [0, 0.05) is 19.7 Å². The highest BCUT2D eigenvalue weighted by Crippen LogP contribution is 2.09. The monoisotopic (exact) mass is 311 g/mol. The molecule has 2 rings (SSSR count). The Labute approximate surface area is 136 Å². The number of carbonyl (C=O) groups excluding carboxylic acids is 2. The van der Waals surface area contributed by atoms with Crippen LogP contribution in [0.5, 0.6) is 0 Å². The van der Waals surface area contributed by atoms with Crippen LogP contribution in [0.3, 0.4) is 0 Å². The van der Waals surface area contributed by atoms with Gasteiger partial charge in [0.15, 0.2) is 0 Å². The number of pyridine rings is 1. The average molecular weight is 311 g/mol. The van der Waals surface area contributed by atoms with Gasteiger partial charge in [-0.1, -0.05) is 36.4 Å². The molecule has 120 valence electrons. The fraction of sp³-hybridized carbons (Fsp3) is 0.278. The van der Waals surface area contributed by atoms with Gasteiger partial charge in [-0.15, -0.1) is 0 Å². The topological polar surface area (TPSA) is 62.3 Å². The van der Waals surface area contributed by atoms with Gasteiger partial charge in [-0.2, -0.15) is 0 Å². The molecule has 0 saturated heterocycles. The second kappa shape index (κ2) is 8.08. The van der Waals surface area contributed by atoms with Gasteiger partial charge in [0.2, 0.25) is 11.8 Å². The van der Waals surface area contributed by atoms with E-state index in [9.17, 15) is 9.59 Å². The van der Waals surface area contributed by atoms with E-state index >= 15 is 0 Å². The summed E-state index contributed by atoms with van der Waals surface area (Å²) in [6.07, 6.45) is 1.68. The molecule has 5 heteroatoms. The van der Waals surface area contributed by atoms with Crippen molar-refractivity contribution in [3.05, 3.63) is 66.0 Å². The van der Waals surface area contributed by atoms with E-state index < -0.39 is 6.04 Å². The molecule has 0 saturated carbocycles. The number of benzene rings is 1. The molecule has 5 nitrogen and oxygen atoms in total. The molecule has 1 N–H and O–H groups in total. The lowest BCUT2D eigenvalue weighted by Crippen LogP contribution is -2.46. The zero-order chi connectivity index (χ0) is 16.7. The van der Waals surface area contributed by atoms with Gasteiger partial charge in [0.25, 0.3) is 0 Å². The Bertz CT molecular complexity index is 644. The van der Waals surface area contributed by atoms with Crippen molar-refractivity contribution in [2.45, 2.75) is 33.0 Å². The summed E-state index contributed by atoms with van der Waals surface area (Å²) in [6, 6.07) is 14.6. The number of nitrogens with one attached hydrogen (secondary N) is 1. The first-order valence-electron chi connectivity index (χ1n) is 7.56. The summed E-state index contributed by atoms with van der Waals surface area (Å²) in [7, 11) is 0. The van der Waals surface area contributed by atoms with Crippen LogP contribution in [0.1, 0.15) is 25.1 Å². The van der Waals surface area contributed by atoms with Crippen LogP contribution in [-0.2, 0) is 22.7 Å². The van der Waals surface area contributed by atoms with E-state index in [0.717, 1.165) is 11.3 Å². The van der Waals surface area contributed by atoms with Gasteiger partial charge in [-0.05, 0) is 24.6 Å². The van der Waals surface area contributed by atoms with Crippen LogP contribution in [-0.4, -0.2) is 27.7 Å². The van der Waals surface area contributed by atoms with E-state index in [1.54, 1.807) is 18.0 Å². The molecular formula is C18H21N3O2. The fourth-order valence-electron chi connectivity index (χ4n) is 2.27. The van der Waals surface area contributed by atoms with Crippen LogP contribution >= 0.6 is 0 Å². The standard InChI is InChI=1S/C18H21N3O2/c1-14(18(23)20-12-17-10-6-7-11-19-17)21(15(2)22)13-16-8-4-3-5-9-16/h3-11,14H,12-13H2,1-2H3,(H,20,23). The molecule has 1 heterocycles. The van der Waals surface area contributed by atoms with Gasteiger partial charge in [0.1, 0.15) is 6.04 Å². The Balaban J connectivity index is 1.98. The summed E-state index contributed by atoms with van der Waals surface area (Å²) in [5.41, 5.74) is 1.78. The Morgan fingerprint density at radius 2 is 1.83 bits per heavy atom. The Hall–Kier alpha value is -2.69. The lowest BCUT2D eigenvalue weighted by atomic mass is 10.1. The molecular weight excluding hydrogens is 290 g/mol. The van der Waals surface area contributed by atoms with Gasteiger partial charge < -0.3 is 10.2 Å². The molecule has 0 radical (unpaired) electrons. The molecule has 0 bridgehead atoms. The average Bonchev–Trinajstić information content (AvgIpc) is 2.58. The highest BCUT2D eigenvalue weighted by atomic mass is 16.2. The van der Waals surface area contributed by atoms with Crippen LogP contribution in [0.15, 0.2) is 54.7 Å².